The minimum absolute atomic E-state index is 0.270. The Morgan fingerprint density at radius 1 is 1.36 bits per heavy atom. The molecule has 2 N–H and O–H groups in total. The number of allylic oxidation sites excluding steroid dienone is 1. The second-order valence-electron chi connectivity index (χ2n) is 5.86. The van der Waals surface area contributed by atoms with Crippen LogP contribution in [0.4, 0.5) is 0 Å². The first-order valence-corrected chi connectivity index (χ1v) is 10.0. The molecule has 10 nitrogen and oxygen atoms in total. The minimum atomic E-state index is -4.20. The van der Waals surface area contributed by atoms with Gasteiger partial charge in [0.1, 0.15) is 11.3 Å². The number of aromatic hydroxyl groups is 1. The van der Waals surface area contributed by atoms with Crippen LogP contribution in [-0.2, 0) is 35.5 Å². The van der Waals surface area contributed by atoms with Crippen LogP contribution >= 0.6 is 0 Å². The van der Waals surface area contributed by atoms with E-state index in [4.69, 9.17) is 4.74 Å². The van der Waals surface area contributed by atoms with Crippen molar-refractivity contribution in [1.29, 1.82) is 0 Å². The molecular formula is C17H24N2O8S. The number of pyridine rings is 1. The molecule has 0 bridgehead atoms. The summed E-state index contributed by atoms with van der Waals surface area (Å²) in [5.74, 6) is -3.29. The fourth-order valence-electron chi connectivity index (χ4n) is 2.18. The number of amides is 1. The van der Waals surface area contributed by atoms with Crippen LogP contribution in [0.3, 0.4) is 0 Å². The highest BCUT2D eigenvalue weighted by molar-refractivity contribution is 7.85. The molecule has 2 heterocycles. The molecule has 28 heavy (non-hydrogen) atoms. The van der Waals surface area contributed by atoms with Crippen LogP contribution < -0.4 is 14.4 Å². The molecule has 0 aromatic carbocycles. The van der Waals surface area contributed by atoms with Gasteiger partial charge in [-0.2, -0.15) is 13.0 Å². The molecule has 1 aromatic rings. The van der Waals surface area contributed by atoms with Crippen molar-refractivity contribution in [2.45, 2.75) is 46.3 Å². The molecule has 0 saturated carbocycles. The molecule has 0 spiro atoms. The number of aromatic nitrogens is 1. The molecule has 0 fully saturated rings. The van der Waals surface area contributed by atoms with Crippen molar-refractivity contribution < 1.29 is 41.7 Å². The summed E-state index contributed by atoms with van der Waals surface area (Å²) >= 11 is 0. The van der Waals surface area contributed by atoms with Gasteiger partial charge < -0.3 is 23.9 Å². The van der Waals surface area contributed by atoms with Crippen LogP contribution in [0.25, 0.3) is 0 Å². The largest absolute Gasteiger partial charge is 0.544 e. The molecule has 1 amide bonds. The summed E-state index contributed by atoms with van der Waals surface area (Å²) in [5, 5.41) is 19.5. The van der Waals surface area contributed by atoms with Gasteiger partial charge in [0.15, 0.2) is 11.9 Å². The van der Waals surface area contributed by atoms with Crippen molar-refractivity contribution in [1.82, 2.24) is 4.72 Å². The van der Waals surface area contributed by atoms with E-state index in [2.05, 4.69) is 11.1 Å². The Labute approximate surface area is 163 Å². The van der Waals surface area contributed by atoms with Gasteiger partial charge in [-0.15, -0.1) is 0 Å². The van der Waals surface area contributed by atoms with Crippen molar-refractivity contribution in [2.75, 3.05) is 6.61 Å². The van der Waals surface area contributed by atoms with Gasteiger partial charge in [0.2, 0.25) is 6.20 Å². The molecule has 11 heteroatoms. The van der Waals surface area contributed by atoms with Gasteiger partial charge in [0, 0.05) is 6.07 Å². The molecule has 0 aliphatic carbocycles. The van der Waals surface area contributed by atoms with Crippen LogP contribution in [0, 0.1) is 0 Å². The monoisotopic (exact) mass is 416 g/mol. The summed E-state index contributed by atoms with van der Waals surface area (Å²) in [6, 6.07) is 3.45. The summed E-state index contributed by atoms with van der Waals surface area (Å²) in [5.41, 5.74) is -0.824. The lowest BCUT2D eigenvalue weighted by molar-refractivity contribution is -0.733. The number of carbonyl (C=O) groups excluding carboxylic acids is 2. The van der Waals surface area contributed by atoms with Gasteiger partial charge in [-0.05, 0) is 19.4 Å². The first kappa shape index (κ1) is 23.4. The Morgan fingerprint density at radius 3 is 2.64 bits per heavy atom. The maximum Gasteiger partial charge on any atom is 0.409 e. The van der Waals surface area contributed by atoms with Gasteiger partial charge in [-0.3, -0.25) is 4.79 Å². The Morgan fingerprint density at radius 2 is 2.07 bits per heavy atom. The van der Waals surface area contributed by atoms with Gasteiger partial charge >= 0.3 is 10.3 Å². The average molecular weight is 416 g/mol. The number of rotatable bonds is 8. The maximum atomic E-state index is 10.8. The number of carbonyl (C=O) groups is 2. The lowest BCUT2D eigenvalue weighted by Crippen LogP contribution is -2.43. The molecule has 0 radical (unpaired) electrons. The predicted molar refractivity (Wildman–Crippen MR) is 94.3 cm³/mol. The highest BCUT2D eigenvalue weighted by atomic mass is 32.2. The summed E-state index contributed by atoms with van der Waals surface area (Å²) < 4.78 is 34.0. The summed E-state index contributed by atoms with van der Waals surface area (Å²) in [7, 11) is -4.20. The quantitative estimate of drug-likeness (QED) is 0.332. The molecular weight excluding hydrogens is 392 g/mol. The number of nitrogens with one attached hydrogen (secondary N) is 1. The van der Waals surface area contributed by atoms with Crippen LogP contribution in [0.15, 0.2) is 35.9 Å². The third-order valence-electron chi connectivity index (χ3n) is 3.46. The maximum absolute atomic E-state index is 10.8. The van der Waals surface area contributed by atoms with Gasteiger partial charge in [-0.25, -0.2) is 4.72 Å². The average Bonchev–Trinajstić information content (AvgIpc) is 2.56. The standard InChI is InChI=1S/C12H19NO2.C5H5NO6S/c1-2-3-4-5-9-15-11-13-8-6-7-12(14)10-13;1-2-3(5(8)9)4(7)6-13(10,11)12-2/h6-8,10H,2-5,9,11H2,1H3;1H3,(H,6,7)(H,8,9). The minimum Gasteiger partial charge on any atom is -0.544 e. The number of carboxylic acid groups (broad SMARTS) is 1. The van der Waals surface area contributed by atoms with E-state index in [0.29, 0.717) is 6.73 Å². The lowest BCUT2D eigenvalue weighted by atomic mass is 10.2. The van der Waals surface area contributed by atoms with Crippen molar-refractivity contribution in [3.63, 3.8) is 0 Å². The zero-order valence-electron chi connectivity index (χ0n) is 15.7. The fraction of sp³-hybridized carbons (Fsp3) is 0.471. The summed E-state index contributed by atoms with van der Waals surface area (Å²) in [6.07, 6.45) is 8.43. The molecule has 0 unspecified atom stereocenters. The molecule has 0 saturated heterocycles. The van der Waals surface area contributed by atoms with E-state index in [1.807, 2.05) is 10.8 Å². The van der Waals surface area contributed by atoms with E-state index in [1.165, 1.54) is 24.0 Å². The SMILES string of the molecule is CC1=C(C(=O)[O-])C(=O)NS(=O)(=O)O1.CCCCCCOC[n+]1cccc(O)c1. The Balaban J connectivity index is 0.000000283. The van der Waals surface area contributed by atoms with E-state index in [9.17, 15) is 28.2 Å². The molecule has 2 rings (SSSR count). The Kier molecular flexibility index (Phi) is 9.39. The van der Waals surface area contributed by atoms with Crippen LogP contribution in [0.5, 0.6) is 5.75 Å². The molecule has 1 aromatic heterocycles. The smallest absolute Gasteiger partial charge is 0.409 e. The second-order valence-corrected chi connectivity index (χ2v) is 7.14. The molecule has 0 atom stereocenters. The fourth-order valence-corrected chi connectivity index (χ4v) is 2.96. The summed E-state index contributed by atoms with van der Waals surface area (Å²) in [4.78, 5) is 21.1. The Hall–Kier alpha value is -2.66. The van der Waals surface area contributed by atoms with Crippen molar-refractivity contribution in [3.05, 3.63) is 35.9 Å². The van der Waals surface area contributed by atoms with Gasteiger partial charge in [-0.1, -0.05) is 26.2 Å². The van der Waals surface area contributed by atoms with E-state index >= 15 is 0 Å². The zero-order valence-corrected chi connectivity index (χ0v) is 16.5. The van der Waals surface area contributed by atoms with E-state index in [-0.39, 0.29) is 5.75 Å². The van der Waals surface area contributed by atoms with Crippen LogP contribution in [0.2, 0.25) is 0 Å². The van der Waals surface area contributed by atoms with Crippen molar-refractivity contribution in [2.24, 2.45) is 0 Å². The first-order valence-electron chi connectivity index (χ1n) is 8.61. The first-order chi connectivity index (χ1) is 13.2. The topological polar surface area (TPSA) is 146 Å². The van der Waals surface area contributed by atoms with Crippen molar-refractivity contribution >= 4 is 22.2 Å². The number of hydrogen-bond donors (Lipinski definition) is 2. The third kappa shape index (κ3) is 8.35. The van der Waals surface area contributed by atoms with Gasteiger partial charge in [0.05, 0.1) is 12.6 Å². The van der Waals surface area contributed by atoms with E-state index < -0.39 is 33.5 Å². The van der Waals surface area contributed by atoms with Gasteiger partial charge in [0.25, 0.3) is 12.6 Å². The highest BCUT2D eigenvalue weighted by Crippen LogP contribution is 2.13. The van der Waals surface area contributed by atoms with E-state index in [1.54, 1.807) is 18.3 Å². The van der Waals surface area contributed by atoms with E-state index in [0.717, 1.165) is 20.0 Å². The highest BCUT2D eigenvalue weighted by Gasteiger charge is 2.29. The van der Waals surface area contributed by atoms with Crippen LogP contribution in [-0.4, -0.2) is 32.0 Å². The second kappa shape index (κ2) is 11.2. The lowest BCUT2D eigenvalue weighted by Gasteiger charge is -2.18. The number of nitrogens with zero attached hydrogens (tertiary/aromatic N) is 1. The number of carboxylic acids is 1. The molecule has 1 aliphatic rings. The predicted octanol–water partition coefficient (Wildman–Crippen LogP) is -0.364. The van der Waals surface area contributed by atoms with Crippen molar-refractivity contribution in [3.8, 4) is 5.75 Å². The summed E-state index contributed by atoms with van der Waals surface area (Å²) in [6.45, 7) is 4.55. The third-order valence-corrected chi connectivity index (χ3v) is 4.37. The number of ether oxygens (including phenoxy) is 1. The number of aliphatic carboxylic acids is 1. The molecule has 156 valence electrons. The number of unbranched alkanes of at least 4 members (excludes halogenated alkanes) is 3. The van der Waals surface area contributed by atoms with Crippen LogP contribution in [0.1, 0.15) is 39.5 Å². The molecule has 1 aliphatic heterocycles. The number of hydrogen-bond acceptors (Lipinski definition) is 8. The Bertz CT molecular complexity index is 820. The zero-order chi connectivity index (χ0) is 21.2. The normalized spacial score (nSPS) is 15.1.